The molecule has 7 heteroatoms. The Bertz CT molecular complexity index is 860. The topological polar surface area (TPSA) is 79.6 Å². The zero-order valence-electron chi connectivity index (χ0n) is 15.3. The Morgan fingerprint density at radius 3 is 2.89 bits per heavy atom. The molecule has 0 spiro atoms. The first-order valence-electron chi connectivity index (χ1n) is 9.33. The highest BCUT2D eigenvalue weighted by molar-refractivity contribution is 5.93. The minimum atomic E-state index is -0.496. The zero-order valence-corrected chi connectivity index (χ0v) is 15.3. The van der Waals surface area contributed by atoms with Crippen molar-refractivity contribution >= 4 is 11.6 Å². The maximum Gasteiger partial charge on any atom is 0.288 e. The Kier molecular flexibility index (Phi) is 4.85. The lowest BCUT2D eigenvalue weighted by Gasteiger charge is -2.31. The van der Waals surface area contributed by atoms with Gasteiger partial charge in [0.25, 0.3) is 5.91 Å². The SMILES string of the molecule is Cn1ccc(CN2C=C(C(=O)N[C@H]3CCCC[C@@H]3O)Oc3ccccc32)n1. The van der Waals surface area contributed by atoms with Crippen LogP contribution in [0.3, 0.4) is 0 Å². The maximum absolute atomic E-state index is 12.8. The summed E-state index contributed by atoms with van der Waals surface area (Å²) in [4.78, 5) is 14.7. The molecule has 2 heterocycles. The number of carbonyl (C=O) groups is 1. The number of rotatable bonds is 4. The Morgan fingerprint density at radius 1 is 1.30 bits per heavy atom. The van der Waals surface area contributed by atoms with Gasteiger partial charge in [0, 0.05) is 13.2 Å². The van der Waals surface area contributed by atoms with Gasteiger partial charge in [0.1, 0.15) is 0 Å². The molecule has 27 heavy (non-hydrogen) atoms. The van der Waals surface area contributed by atoms with E-state index in [9.17, 15) is 9.90 Å². The molecule has 0 bridgehead atoms. The molecule has 1 amide bonds. The molecule has 0 radical (unpaired) electrons. The van der Waals surface area contributed by atoms with Crippen molar-refractivity contribution in [3.63, 3.8) is 0 Å². The molecular formula is C20H24N4O3. The monoisotopic (exact) mass is 368 g/mol. The van der Waals surface area contributed by atoms with Crippen LogP contribution in [-0.2, 0) is 18.4 Å². The van der Waals surface area contributed by atoms with Crippen LogP contribution >= 0.6 is 0 Å². The zero-order chi connectivity index (χ0) is 18.8. The summed E-state index contributed by atoms with van der Waals surface area (Å²) in [6.45, 7) is 0.532. The van der Waals surface area contributed by atoms with Gasteiger partial charge in [-0.3, -0.25) is 9.48 Å². The summed E-state index contributed by atoms with van der Waals surface area (Å²) in [6, 6.07) is 9.33. The Hall–Kier alpha value is -2.80. The van der Waals surface area contributed by atoms with Crippen molar-refractivity contribution in [1.82, 2.24) is 15.1 Å². The number of aryl methyl sites for hydroxylation is 1. The van der Waals surface area contributed by atoms with Gasteiger partial charge in [-0.25, -0.2) is 0 Å². The molecule has 0 unspecified atom stereocenters. The molecule has 1 aliphatic carbocycles. The quantitative estimate of drug-likeness (QED) is 0.864. The highest BCUT2D eigenvalue weighted by Gasteiger charge is 2.29. The van der Waals surface area contributed by atoms with Crippen molar-refractivity contribution in [2.45, 2.75) is 44.4 Å². The first-order chi connectivity index (χ1) is 13.1. The van der Waals surface area contributed by atoms with Gasteiger partial charge in [-0.1, -0.05) is 25.0 Å². The molecule has 2 aromatic rings. The lowest BCUT2D eigenvalue weighted by atomic mass is 9.92. The molecule has 1 fully saturated rings. The average Bonchev–Trinajstić information content (AvgIpc) is 3.08. The number of ether oxygens (including phenoxy) is 1. The number of anilines is 1. The highest BCUT2D eigenvalue weighted by atomic mass is 16.5. The fraction of sp³-hybridized carbons (Fsp3) is 0.400. The molecule has 1 saturated carbocycles. The Balaban J connectivity index is 1.55. The van der Waals surface area contributed by atoms with Gasteiger partial charge in [0.05, 0.1) is 36.3 Å². The number of fused-ring (bicyclic) bond motifs is 1. The molecule has 2 atom stereocenters. The maximum atomic E-state index is 12.8. The third-order valence-corrected chi connectivity index (χ3v) is 5.04. The molecule has 0 saturated heterocycles. The van der Waals surface area contributed by atoms with Crippen molar-refractivity contribution in [2.24, 2.45) is 7.05 Å². The van der Waals surface area contributed by atoms with Crippen molar-refractivity contribution in [2.75, 3.05) is 4.90 Å². The molecule has 2 aliphatic rings. The summed E-state index contributed by atoms with van der Waals surface area (Å²) in [6.07, 6.45) is 6.62. The Morgan fingerprint density at radius 2 is 2.11 bits per heavy atom. The van der Waals surface area contributed by atoms with Gasteiger partial charge >= 0.3 is 0 Å². The van der Waals surface area contributed by atoms with Gasteiger partial charge in [-0.15, -0.1) is 0 Å². The van der Waals surface area contributed by atoms with E-state index in [1.165, 1.54) is 0 Å². The number of benzene rings is 1. The highest BCUT2D eigenvalue weighted by Crippen LogP contribution is 2.35. The van der Waals surface area contributed by atoms with Gasteiger partial charge in [-0.05, 0) is 31.0 Å². The predicted octanol–water partition coefficient (Wildman–Crippen LogP) is 2.08. The molecule has 1 aromatic heterocycles. The van der Waals surface area contributed by atoms with Crippen LogP contribution in [0.25, 0.3) is 0 Å². The van der Waals surface area contributed by atoms with E-state index in [0.717, 1.165) is 37.1 Å². The number of amides is 1. The minimum Gasteiger partial charge on any atom is -0.448 e. The number of nitrogens with zero attached hydrogens (tertiary/aromatic N) is 3. The summed E-state index contributed by atoms with van der Waals surface area (Å²) < 4.78 is 7.60. The summed E-state index contributed by atoms with van der Waals surface area (Å²) in [7, 11) is 1.88. The van der Waals surface area contributed by atoms with E-state index < -0.39 is 6.10 Å². The fourth-order valence-corrected chi connectivity index (χ4v) is 3.61. The van der Waals surface area contributed by atoms with E-state index >= 15 is 0 Å². The summed E-state index contributed by atoms with van der Waals surface area (Å²) in [5, 5.41) is 17.5. The van der Waals surface area contributed by atoms with Gasteiger partial charge in [-0.2, -0.15) is 5.10 Å². The normalized spacial score (nSPS) is 21.9. The fourth-order valence-electron chi connectivity index (χ4n) is 3.61. The van der Waals surface area contributed by atoms with Crippen LogP contribution in [0.15, 0.2) is 48.5 Å². The van der Waals surface area contributed by atoms with Crippen LogP contribution in [0.2, 0.25) is 0 Å². The van der Waals surface area contributed by atoms with E-state index in [4.69, 9.17) is 4.74 Å². The van der Waals surface area contributed by atoms with Crippen LogP contribution in [0.4, 0.5) is 5.69 Å². The van der Waals surface area contributed by atoms with Crippen LogP contribution in [0.5, 0.6) is 5.75 Å². The molecule has 1 aromatic carbocycles. The van der Waals surface area contributed by atoms with E-state index in [1.54, 1.807) is 10.9 Å². The first kappa shape index (κ1) is 17.6. The van der Waals surface area contributed by atoms with Crippen LogP contribution in [0, 0.1) is 0 Å². The average molecular weight is 368 g/mol. The van der Waals surface area contributed by atoms with Crippen LogP contribution in [-0.4, -0.2) is 32.9 Å². The first-order valence-corrected chi connectivity index (χ1v) is 9.33. The van der Waals surface area contributed by atoms with Crippen molar-refractivity contribution in [3.05, 3.63) is 54.2 Å². The summed E-state index contributed by atoms with van der Waals surface area (Å²) >= 11 is 0. The molecule has 1 aliphatic heterocycles. The standard InChI is InChI=1S/C20H24N4O3/c1-23-11-10-14(22-23)12-24-13-19(27-18-9-5-3-7-16(18)24)20(26)21-15-6-2-4-8-17(15)25/h3,5,7,9-11,13,15,17,25H,2,4,6,8,12H2,1H3,(H,21,26)/t15-,17-/m0/s1. The van der Waals surface area contributed by atoms with Crippen LogP contribution < -0.4 is 15.0 Å². The number of aliphatic hydroxyl groups excluding tert-OH is 1. The molecule has 4 rings (SSSR count). The van der Waals surface area contributed by atoms with E-state index in [2.05, 4.69) is 10.4 Å². The lowest BCUT2D eigenvalue weighted by molar-refractivity contribution is -0.121. The van der Waals surface area contributed by atoms with Crippen molar-refractivity contribution < 1.29 is 14.6 Å². The molecule has 7 nitrogen and oxygen atoms in total. The van der Waals surface area contributed by atoms with Crippen molar-refractivity contribution in [1.29, 1.82) is 0 Å². The van der Waals surface area contributed by atoms with Crippen molar-refractivity contribution in [3.8, 4) is 5.75 Å². The van der Waals surface area contributed by atoms with Crippen LogP contribution in [0.1, 0.15) is 31.4 Å². The molecular weight excluding hydrogens is 344 g/mol. The predicted molar refractivity (Wildman–Crippen MR) is 101 cm³/mol. The smallest absolute Gasteiger partial charge is 0.288 e. The van der Waals surface area contributed by atoms with E-state index in [1.807, 2.05) is 48.5 Å². The number of para-hydroxylation sites is 2. The van der Waals surface area contributed by atoms with E-state index in [0.29, 0.717) is 12.3 Å². The number of hydrogen-bond acceptors (Lipinski definition) is 5. The second-order valence-corrected chi connectivity index (χ2v) is 7.10. The molecule has 2 N–H and O–H groups in total. The number of aromatic nitrogens is 2. The largest absolute Gasteiger partial charge is 0.448 e. The lowest BCUT2D eigenvalue weighted by Crippen LogP contribution is -2.46. The second-order valence-electron chi connectivity index (χ2n) is 7.10. The Labute approximate surface area is 158 Å². The number of carbonyl (C=O) groups excluding carboxylic acids is 1. The van der Waals surface area contributed by atoms with E-state index in [-0.39, 0.29) is 17.7 Å². The third kappa shape index (κ3) is 3.83. The van der Waals surface area contributed by atoms with Gasteiger partial charge in [0.2, 0.25) is 5.76 Å². The van der Waals surface area contributed by atoms with Gasteiger partial charge in [0.15, 0.2) is 5.75 Å². The minimum absolute atomic E-state index is 0.224. The third-order valence-electron chi connectivity index (χ3n) is 5.04. The summed E-state index contributed by atoms with van der Waals surface area (Å²) in [5.41, 5.74) is 1.78. The summed E-state index contributed by atoms with van der Waals surface area (Å²) in [5.74, 6) is 0.550. The van der Waals surface area contributed by atoms with Gasteiger partial charge < -0.3 is 20.1 Å². The number of aliphatic hydroxyl groups is 1. The number of nitrogens with one attached hydrogen (secondary N) is 1. The second kappa shape index (κ2) is 7.44. The molecule has 142 valence electrons. The number of hydrogen-bond donors (Lipinski definition) is 2.